The van der Waals surface area contributed by atoms with Crippen molar-refractivity contribution in [3.05, 3.63) is 47.3 Å². The minimum absolute atomic E-state index is 0.0613. The van der Waals surface area contributed by atoms with Crippen molar-refractivity contribution in [1.29, 1.82) is 0 Å². The number of hydrogen-bond acceptors (Lipinski definition) is 6. The van der Waals surface area contributed by atoms with Gasteiger partial charge in [-0.25, -0.2) is 9.59 Å². The molecule has 0 aliphatic carbocycles. The van der Waals surface area contributed by atoms with Gasteiger partial charge in [0.05, 0.1) is 0 Å². The number of carboxylic acids is 2. The van der Waals surface area contributed by atoms with Crippen molar-refractivity contribution in [2.45, 2.75) is 13.2 Å². The minimum Gasteiger partial charge on any atom is -0.475 e. The summed E-state index contributed by atoms with van der Waals surface area (Å²) in [5.74, 6) is -1.89. The Morgan fingerprint density at radius 1 is 0.857 bits per heavy atom. The summed E-state index contributed by atoms with van der Waals surface area (Å²) in [5, 5.41) is 17.3. The zero-order valence-corrected chi connectivity index (χ0v) is 10.8. The molecule has 0 atom stereocenters. The second-order valence-electron chi connectivity index (χ2n) is 3.96. The maximum atomic E-state index is 10.6. The third-order valence-corrected chi connectivity index (χ3v) is 2.40. The average Bonchev–Trinajstić information content (AvgIpc) is 3.06. The molecular weight excluding hydrogens is 284 g/mol. The molecule has 0 amide bonds. The second kappa shape index (κ2) is 6.73. The van der Waals surface area contributed by atoms with Gasteiger partial charge in [0.25, 0.3) is 0 Å². The fourth-order valence-electron chi connectivity index (χ4n) is 1.48. The van der Waals surface area contributed by atoms with Crippen LogP contribution in [-0.2, 0) is 22.7 Å². The molecule has 8 nitrogen and oxygen atoms in total. The lowest BCUT2D eigenvalue weighted by molar-refractivity contribution is -0.0767. The Hall–Kier alpha value is -2.58. The molecule has 2 rings (SSSR count). The van der Waals surface area contributed by atoms with Crippen molar-refractivity contribution in [2.75, 3.05) is 6.79 Å². The number of furan rings is 2. The molecule has 112 valence electrons. The van der Waals surface area contributed by atoms with Gasteiger partial charge in [-0.3, -0.25) is 0 Å². The van der Waals surface area contributed by atoms with E-state index in [1.54, 1.807) is 0 Å². The Morgan fingerprint density at radius 3 is 1.62 bits per heavy atom. The smallest absolute Gasteiger partial charge is 0.371 e. The van der Waals surface area contributed by atoms with Gasteiger partial charge < -0.3 is 28.5 Å². The monoisotopic (exact) mass is 296 g/mol. The summed E-state index contributed by atoms with van der Waals surface area (Å²) in [6.07, 6.45) is 0. The highest BCUT2D eigenvalue weighted by molar-refractivity contribution is 5.84. The van der Waals surface area contributed by atoms with E-state index in [0.29, 0.717) is 11.5 Å². The van der Waals surface area contributed by atoms with Crippen molar-refractivity contribution in [3.8, 4) is 0 Å². The van der Waals surface area contributed by atoms with Crippen molar-refractivity contribution < 1.29 is 38.1 Å². The molecule has 8 heteroatoms. The van der Waals surface area contributed by atoms with E-state index in [1.165, 1.54) is 24.3 Å². The molecule has 0 saturated heterocycles. The number of aromatic carboxylic acids is 2. The van der Waals surface area contributed by atoms with Crippen LogP contribution in [0.1, 0.15) is 32.6 Å². The van der Waals surface area contributed by atoms with E-state index in [1.807, 2.05) is 0 Å². The Labute approximate surface area is 118 Å². The van der Waals surface area contributed by atoms with Crippen LogP contribution in [0.15, 0.2) is 33.1 Å². The molecule has 0 aliphatic heterocycles. The molecule has 0 fully saturated rings. The minimum atomic E-state index is -1.15. The van der Waals surface area contributed by atoms with Crippen molar-refractivity contribution in [1.82, 2.24) is 0 Å². The first kappa shape index (κ1) is 14.8. The van der Waals surface area contributed by atoms with Gasteiger partial charge in [-0.05, 0) is 24.3 Å². The fraction of sp³-hybridized carbons (Fsp3) is 0.231. The van der Waals surface area contributed by atoms with Gasteiger partial charge in [-0.15, -0.1) is 0 Å². The first-order valence-electron chi connectivity index (χ1n) is 5.86. The largest absolute Gasteiger partial charge is 0.475 e. The van der Waals surface area contributed by atoms with Crippen molar-refractivity contribution in [3.63, 3.8) is 0 Å². The van der Waals surface area contributed by atoms with E-state index in [0.717, 1.165) is 0 Å². The summed E-state index contributed by atoms with van der Waals surface area (Å²) in [6, 6.07) is 5.65. The van der Waals surface area contributed by atoms with Crippen molar-refractivity contribution >= 4 is 11.9 Å². The van der Waals surface area contributed by atoms with Gasteiger partial charge in [-0.1, -0.05) is 0 Å². The SMILES string of the molecule is O=C(O)c1ccc(COCOCc2ccc(C(=O)O)o2)o1. The maximum Gasteiger partial charge on any atom is 0.371 e. The molecule has 0 radical (unpaired) electrons. The molecule has 0 spiro atoms. The van der Waals surface area contributed by atoms with E-state index in [9.17, 15) is 9.59 Å². The highest BCUT2D eigenvalue weighted by Crippen LogP contribution is 2.10. The predicted octanol–water partition coefficient (Wildman–Crippen LogP) is 1.96. The predicted molar refractivity (Wildman–Crippen MR) is 65.8 cm³/mol. The lowest BCUT2D eigenvalue weighted by atomic mass is 10.4. The lowest BCUT2D eigenvalue weighted by Crippen LogP contribution is -2.00. The summed E-state index contributed by atoms with van der Waals surface area (Å²) in [5.41, 5.74) is 0. The number of carboxylic acid groups (broad SMARTS) is 2. The second-order valence-corrected chi connectivity index (χ2v) is 3.96. The van der Waals surface area contributed by atoms with E-state index in [-0.39, 0.29) is 31.5 Å². The van der Waals surface area contributed by atoms with E-state index < -0.39 is 11.9 Å². The Kier molecular flexibility index (Phi) is 4.75. The molecule has 2 aromatic rings. The summed E-state index contributed by atoms with van der Waals surface area (Å²) >= 11 is 0. The van der Waals surface area contributed by atoms with E-state index in [2.05, 4.69) is 0 Å². The molecular formula is C13H12O8. The quantitative estimate of drug-likeness (QED) is 0.560. The normalized spacial score (nSPS) is 10.7. The summed E-state index contributed by atoms with van der Waals surface area (Å²) < 4.78 is 20.2. The maximum absolute atomic E-state index is 10.6. The zero-order chi connectivity index (χ0) is 15.2. The number of carbonyl (C=O) groups is 2. The molecule has 0 aliphatic rings. The van der Waals surface area contributed by atoms with Crippen LogP contribution in [0, 0.1) is 0 Å². The molecule has 0 unspecified atom stereocenters. The van der Waals surface area contributed by atoms with Crippen LogP contribution in [0.4, 0.5) is 0 Å². The van der Waals surface area contributed by atoms with Gasteiger partial charge in [0.2, 0.25) is 11.5 Å². The van der Waals surface area contributed by atoms with Crippen LogP contribution in [0.5, 0.6) is 0 Å². The topological polar surface area (TPSA) is 119 Å². The Balaban J connectivity index is 1.67. The molecule has 0 bridgehead atoms. The lowest BCUT2D eigenvalue weighted by Gasteiger charge is -2.02. The highest BCUT2D eigenvalue weighted by atomic mass is 16.7. The van der Waals surface area contributed by atoms with Crippen LogP contribution in [-0.4, -0.2) is 28.9 Å². The molecule has 2 heterocycles. The van der Waals surface area contributed by atoms with Gasteiger partial charge in [-0.2, -0.15) is 0 Å². The van der Waals surface area contributed by atoms with E-state index >= 15 is 0 Å². The molecule has 0 aromatic carbocycles. The summed E-state index contributed by atoms with van der Waals surface area (Å²) in [6.45, 7) is 0.0455. The third kappa shape index (κ3) is 4.20. The first-order valence-corrected chi connectivity index (χ1v) is 5.86. The van der Waals surface area contributed by atoms with Crippen LogP contribution >= 0.6 is 0 Å². The van der Waals surface area contributed by atoms with Gasteiger partial charge in [0, 0.05) is 0 Å². The van der Waals surface area contributed by atoms with Crippen LogP contribution < -0.4 is 0 Å². The fourth-order valence-corrected chi connectivity index (χ4v) is 1.48. The number of ether oxygens (including phenoxy) is 2. The number of rotatable bonds is 8. The van der Waals surface area contributed by atoms with Gasteiger partial charge in [0.15, 0.2) is 0 Å². The van der Waals surface area contributed by atoms with E-state index in [4.69, 9.17) is 28.5 Å². The van der Waals surface area contributed by atoms with Crippen molar-refractivity contribution in [2.24, 2.45) is 0 Å². The molecule has 2 N–H and O–H groups in total. The van der Waals surface area contributed by atoms with Crippen LogP contribution in [0.3, 0.4) is 0 Å². The zero-order valence-electron chi connectivity index (χ0n) is 10.8. The molecule has 2 aromatic heterocycles. The average molecular weight is 296 g/mol. The Bertz CT molecular complexity index is 569. The summed E-state index contributed by atoms with van der Waals surface area (Å²) in [7, 11) is 0. The van der Waals surface area contributed by atoms with Crippen LogP contribution in [0.2, 0.25) is 0 Å². The first-order chi connectivity index (χ1) is 10.1. The molecule has 0 saturated carbocycles. The van der Waals surface area contributed by atoms with Crippen LogP contribution in [0.25, 0.3) is 0 Å². The summed E-state index contributed by atoms with van der Waals surface area (Å²) in [4.78, 5) is 21.2. The standard InChI is InChI=1S/C13H12O8/c14-12(15)10-3-1-8(20-10)5-18-7-19-6-9-2-4-11(21-9)13(16)17/h1-4H,5-7H2,(H,14,15)(H,16,17). The third-order valence-electron chi connectivity index (χ3n) is 2.40. The number of hydrogen-bond donors (Lipinski definition) is 2. The Morgan fingerprint density at radius 2 is 1.29 bits per heavy atom. The van der Waals surface area contributed by atoms with Gasteiger partial charge in [0.1, 0.15) is 31.5 Å². The highest BCUT2D eigenvalue weighted by Gasteiger charge is 2.10. The van der Waals surface area contributed by atoms with Gasteiger partial charge >= 0.3 is 11.9 Å². The molecule has 21 heavy (non-hydrogen) atoms.